The summed E-state index contributed by atoms with van der Waals surface area (Å²) in [5.74, 6) is 0.547. The van der Waals surface area contributed by atoms with E-state index >= 15 is 0 Å². The van der Waals surface area contributed by atoms with Crippen LogP contribution >= 0.6 is 0 Å². The Kier molecular flexibility index (Phi) is 5.57. The molecule has 6 rings (SSSR count). The molecule has 0 aliphatic rings. The van der Waals surface area contributed by atoms with E-state index in [4.69, 9.17) is 14.7 Å². The van der Waals surface area contributed by atoms with Crippen LogP contribution in [-0.2, 0) is 6.54 Å². The molecule has 10 heteroatoms. The molecule has 6 aromatic rings. The van der Waals surface area contributed by atoms with Crippen molar-refractivity contribution in [3.05, 3.63) is 72.6 Å². The van der Waals surface area contributed by atoms with Gasteiger partial charge >= 0.3 is 0 Å². The van der Waals surface area contributed by atoms with Gasteiger partial charge in [-0.1, -0.05) is 0 Å². The number of H-pyrrole nitrogens is 2. The number of nitrogens with one attached hydrogen (secondary N) is 2. The maximum atomic E-state index is 14.2. The van der Waals surface area contributed by atoms with Crippen LogP contribution in [0, 0.1) is 5.82 Å². The molecule has 184 valence electrons. The van der Waals surface area contributed by atoms with Gasteiger partial charge < -0.3 is 14.6 Å². The Balaban J connectivity index is 1.45. The third-order valence-electron chi connectivity index (χ3n) is 6.03. The molecule has 0 saturated heterocycles. The first kappa shape index (κ1) is 22.7. The number of aromatic nitrogens is 7. The molecule has 0 saturated carbocycles. The van der Waals surface area contributed by atoms with Crippen molar-refractivity contribution in [1.29, 1.82) is 0 Å². The average Bonchev–Trinajstić information content (AvgIpc) is 3.51. The van der Waals surface area contributed by atoms with E-state index in [0.29, 0.717) is 44.9 Å². The maximum Gasteiger partial charge on any atom is 0.161 e. The number of fused-ring (bicyclic) bond motifs is 2. The molecule has 37 heavy (non-hydrogen) atoms. The summed E-state index contributed by atoms with van der Waals surface area (Å²) >= 11 is 0. The van der Waals surface area contributed by atoms with Crippen LogP contribution < -0.4 is 4.74 Å². The number of halogens is 1. The number of rotatable bonds is 6. The standard InChI is InChI=1S/C27H23FN8O/c1-36(2)14-15-6-17(11-29-10-15)21-4-5-22-25(31-21)26(35-34-22)27-32-23-13-30-12-20(24(23)33-27)16-7-18(28)9-19(8-16)37-3/h4-13H,14H2,1-3H3,(H,32,33)(H,34,35). The van der Waals surface area contributed by atoms with Crippen molar-refractivity contribution < 1.29 is 9.13 Å². The van der Waals surface area contributed by atoms with E-state index < -0.39 is 5.82 Å². The van der Waals surface area contributed by atoms with Gasteiger partial charge in [-0.25, -0.2) is 14.4 Å². The molecular weight excluding hydrogens is 471 g/mol. The number of hydrogen-bond donors (Lipinski definition) is 2. The summed E-state index contributed by atoms with van der Waals surface area (Å²) < 4.78 is 19.4. The lowest BCUT2D eigenvalue weighted by molar-refractivity contribution is 0.402. The second-order valence-electron chi connectivity index (χ2n) is 9.03. The van der Waals surface area contributed by atoms with Crippen LogP contribution in [0.3, 0.4) is 0 Å². The number of nitrogens with zero attached hydrogens (tertiary/aromatic N) is 6. The summed E-state index contributed by atoms with van der Waals surface area (Å²) in [6.07, 6.45) is 7.01. The van der Waals surface area contributed by atoms with Gasteiger partial charge in [-0.2, -0.15) is 5.10 Å². The number of hydrogen-bond acceptors (Lipinski definition) is 7. The summed E-state index contributed by atoms with van der Waals surface area (Å²) in [7, 11) is 5.55. The van der Waals surface area contributed by atoms with E-state index in [9.17, 15) is 4.39 Å². The van der Waals surface area contributed by atoms with Gasteiger partial charge in [0.25, 0.3) is 0 Å². The van der Waals surface area contributed by atoms with Crippen LogP contribution in [0.1, 0.15) is 5.56 Å². The lowest BCUT2D eigenvalue weighted by Gasteiger charge is -2.10. The zero-order valence-corrected chi connectivity index (χ0v) is 20.5. The fraction of sp³-hybridized carbons (Fsp3) is 0.148. The average molecular weight is 495 g/mol. The molecule has 0 amide bonds. The molecule has 0 fully saturated rings. The fourth-order valence-corrected chi connectivity index (χ4v) is 4.40. The number of methoxy groups -OCH3 is 1. The monoisotopic (exact) mass is 494 g/mol. The first-order valence-electron chi connectivity index (χ1n) is 11.6. The molecule has 9 nitrogen and oxygen atoms in total. The number of imidazole rings is 1. The van der Waals surface area contributed by atoms with Gasteiger partial charge in [-0.15, -0.1) is 0 Å². The smallest absolute Gasteiger partial charge is 0.161 e. The lowest BCUT2D eigenvalue weighted by atomic mass is 10.1. The van der Waals surface area contributed by atoms with Crippen molar-refractivity contribution in [1.82, 2.24) is 40.0 Å². The van der Waals surface area contributed by atoms with Crippen molar-refractivity contribution in [3.8, 4) is 39.7 Å². The van der Waals surface area contributed by atoms with E-state index in [1.807, 2.05) is 32.4 Å². The van der Waals surface area contributed by atoms with Crippen LogP contribution in [0.5, 0.6) is 5.75 Å². The van der Waals surface area contributed by atoms with Gasteiger partial charge in [-0.05, 0) is 55.6 Å². The summed E-state index contributed by atoms with van der Waals surface area (Å²) in [5.41, 5.74) is 7.48. The molecule has 1 aromatic carbocycles. The van der Waals surface area contributed by atoms with Gasteiger partial charge in [0.2, 0.25) is 0 Å². The Morgan fingerprint density at radius 3 is 2.59 bits per heavy atom. The molecule has 0 aliphatic carbocycles. The Bertz CT molecular complexity index is 1760. The number of pyridine rings is 3. The van der Waals surface area contributed by atoms with Crippen LogP contribution in [0.25, 0.3) is 56.0 Å². The minimum absolute atomic E-state index is 0.402. The largest absolute Gasteiger partial charge is 0.497 e. The Labute approximate surface area is 211 Å². The van der Waals surface area contributed by atoms with Crippen LogP contribution in [0.15, 0.2) is 61.2 Å². The molecular formula is C27H23FN8O. The Morgan fingerprint density at radius 1 is 0.892 bits per heavy atom. The highest BCUT2D eigenvalue weighted by Gasteiger charge is 2.18. The van der Waals surface area contributed by atoms with Crippen LogP contribution in [-0.4, -0.2) is 61.2 Å². The van der Waals surface area contributed by atoms with Crippen molar-refractivity contribution >= 4 is 22.1 Å². The van der Waals surface area contributed by atoms with Gasteiger partial charge in [0, 0.05) is 42.3 Å². The second-order valence-corrected chi connectivity index (χ2v) is 9.03. The van der Waals surface area contributed by atoms with Crippen molar-refractivity contribution in [2.24, 2.45) is 0 Å². The van der Waals surface area contributed by atoms with Crippen molar-refractivity contribution in [2.45, 2.75) is 6.54 Å². The number of ether oxygens (including phenoxy) is 1. The van der Waals surface area contributed by atoms with Crippen molar-refractivity contribution in [3.63, 3.8) is 0 Å². The third-order valence-corrected chi connectivity index (χ3v) is 6.03. The highest BCUT2D eigenvalue weighted by molar-refractivity contribution is 5.96. The molecule has 0 aliphatic heterocycles. The third kappa shape index (κ3) is 4.27. The topological polar surface area (TPSA) is 108 Å². The second kappa shape index (κ2) is 9.07. The van der Waals surface area contributed by atoms with Gasteiger partial charge in [0.15, 0.2) is 11.5 Å². The molecule has 0 bridgehead atoms. The number of benzene rings is 1. The van der Waals surface area contributed by atoms with Gasteiger partial charge in [0.1, 0.15) is 17.1 Å². The summed E-state index contributed by atoms with van der Waals surface area (Å²) in [4.78, 5) is 23.8. The van der Waals surface area contributed by atoms with E-state index in [2.05, 4.69) is 36.1 Å². The first-order valence-corrected chi connectivity index (χ1v) is 11.6. The van der Waals surface area contributed by atoms with E-state index in [1.165, 1.54) is 19.2 Å². The molecule has 5 aromatic heterocycles. The molecule has 2 N–H and O–H groups in total. The van der Waals surface area contributed by atoms with Gasteiger partial charge in [0.05, 0.1) is 35.6 Å². The normalized spacial score (nSPS) is 11.6. The Morgan fingerprint density at radius 2 is 1.76 bits per heavy atom. The summed E-state index contributed by atoms with van der Waals surface area (Å²) in [6, 6.07) is 10.5. The fourth-order valence-electron chi connectivity index (χ4n) is 4.40. The van der Waals surface area contributed by atoms with Crippen LogP contribution in [0.2, 0.25) is 0 Å². The predicted octanol–water partition coefficient (Wildman–Crippen LogP) is 4.83. The minimum atomic E-state index is -0.402. The minimum Gasteiger partial charge on any atom is -0.497 e. The molecule has 0 spiro atoms. The highest BCUT2D eigenvalue weighted by Crippen LogP contribution is 2.33. The summed E-state index contributed by atoms with van der Waals surface area (Å²) in [5, 5.41) is 7.53. The lowest BCUT2D eigenvalue weighted by Crippen LogP contribution is -2.10. The zero-order chi connectivity index (χ0) is 25.5. The highest BCUT2D eigenvalue weighted by atomic mass is 19.1. The molecule has 0 unspecified atom stereocenters. The van der Waals surface area contributed by atoms with E-state index in [0.717, 1.165) is 28.9 Å². The predicted molar refractivity (Wildman–Crippen MR) is 139 cm³/mol. The zero-order valence-electron chi connectivity index (χ0n) is 20.5. The SMILES string of the molecule is COc1cc(F)cc(-c2cncc3[nH]c(-c4n[nH]c5ccc(-c6cncc(CN(C)C)c6)nc45)nc23)c1. The van der Waals surface area contributed by atoms with E-state index in [1.54, 1.807) is 24.7 Å². The van der Waals surface area contributed by atoms with Crippen LogP contribution in [0.4, 0.5) is 4.39 Å². The summed E-state index contributed by atoms with van der Waals surface area (Å²) in [6.45, 7) is 0.784. The van der Waals surface area contributed by atoms with Crippen molar-refractivity contribution in [2.75, 3.05) is 21.2 Å². The maximum absolute atomic E-state index is 14.2. The molecule has 5 heterocycles. The van der Waals surface area contributed by atoms with E-state index in [-0.39, 0.29) is 0 Å². The molecule has 0 radical (unpaired) electrons. The molecule has 0 atom stereocenters. The Hall–Kier alpha value is -4.70. The van der Waals surface area contributed by atoms with Gasteiger partial charge in [-0.3, -0.25) is 15.1 Å². The number of aromatic amines is 2. The quantitative estimate of drug-likeness (QED) is 0.341. The first-order chi connectivity index (χ1) is 18.0.